The summed E-state index contributed by atoms with van der Waals surface area (Å²) in [6.45, 7) is 2.88. The minimum atomic E-state index is -0.0797. The van der Waals surface area contributed by atoms with E-state index in [1.54, 1.807) is 35.5 Å². The van der Waals surface area contributed by atoms with Gasteiger partial charge in [-0.3, -0.25) is 9.59 Å². The highest BCUT2D eigenvalue weighted by molar-refractivity contribution is 5.90. The third-order valence-corrected chi connectivity index (χ3v) is 4.97. The molecule has 30 heavy (non-hydrogen) atoms. The lowest BCUT2D eigenvalue weighted by molar-refractivity contribution is -0.137. The molecule has 0 saturated carbocycles. The van der Waals surface area contributed by atoms with Gasteiger partial charge in [0.05, 0.1) is 30.6 Å². The molecule has 0 aliphatic carbocycles. The number of imidazole rings is 1. The van der Waals surface area contributed by atoms with Crippen LogP contribution < -0.4 is 10.1 Å². The molecule has 1 fully saturated rings. The Morgan fingerprint density at radius 1 is 1.07 bits per heavy atom. The van der Waals surface area contributed by atoms with Crippen molar-refractivity contribution >= 4 is 28.5 Å². The fraction of sp³-hybridized carbons (Fsp3) is 0.318. The number of ether oxygens (including phenoxy) is 2. The molecule has 1 aromatic heterocycles. The molecule has 8 heteroatoms. The first-order chi connectivity index (χ1) is 14.7. The van der Waals surface area contributed by atoms with E-state index in [0.717, 1.165) is 11.0 Å². The monoisotopic (exact) mass is 408 g/mol. The summed E-state index contributed by atoms with van der Waals surface area (Å²) in [5, 5.41) is 2.88. The molecule has 1 N–H and O–H groups in total. The van der Waals surface area contributed by atoms with Gasteiger partial charge in [0, 0.05) is 31.7 Å². The standard InChI is InChI=1S/C22H24N4O4/c27-21(9-10-26-16-23-19-3-1-2-4-20(19)26)24-17-5-7-18(8-6-17)30-15-22(28)25-11-13-29-14-12-25/h1-8,16H,9-15H2,(H,24,27). The molecule has 2 heterocycles. The van der Waals surface area contributed by atoms with E-state index in [1.165, 1.54) is 0 Å². The number of benzene rings is 2. The lowest BCUT2D eigenvalue weighted by Crippen LogP contribution is -2.42. The molecule has 4 rings (SSSR count). The molecule has 0 atom stereocenters. The molecular formula is C22H24N4O4. The summed E-state index contributed by atoms with van der Waals surface area (Å²) >= 11 is 0. The fourth-order valence-electron chi connectivity index (χ4n) is 3.32. The van der Waals surface area contributed by atoms with Gasteiger partial charge in [-0.15, -0.1) is 0 Å². The Labute approximate surface area is 174 Å². The molecule has 0 spiro atoms. The summed E-state index contributed by atoms with van der Waals surface area (Å²) < 4.78 is 12.8. The smallest absolute Gasteiger partial charge is 0.260 e. The third kappa shape index (κ3) is 4.96. The second-order valence-electron chi connectivity index (χ2n) is 7.03. The van der Waals surface area contributed by atoms with Gasteiger partial charge in [0.1, 0.15) is 5.75 Å². The summed E-state index contributed by atoms with van der Waals surface area (Å²) in [4.78, 5) is 30.5. The van der Waals surface area contributed by atoms with Crippen LogP contribution in [-0.2, 0) is 20.9 Å². The highest BCUT2D eigenvalue weighted by Crippen LogP contribution is 2.17. The number of hydrogen-bond acceptors (Lipinski definition) is 5. The van der Waals surface area contributed by atoms with Crippen molar-refractivity contribution in [2.45, 2.75) is 13.0 Å². The lowest BCUT2D eigenvalue weighted by Gasteiger charge is -2.26. The Morgan fingerprint density at radius 2 is 1.83 bits per heavy atom. The predicted molar refractivity (Wildman–Crippen MR) is 112 cm³/mol. The maximum absolute atomic E-state index is 12.3. The molecule has 2 amide bonds. The van der Waals surface area contributed by atoms with Crippen molar-refractivity contribution in [2.24, 2.45) is 0 Å². The highest BCUT2D eigenvalue weighted by atomic mass is 16.5. The van der Waals surface area contributed by atoms with E-state index in [9.17, 15) is 9.59 Å². The van der Waals surface area contributed by atoms with E-state index < -0.39 is 0 Å². The largest absolute Gasteiger partial charge is 0.484 e. The summed E-state index contributed by atoms with van der Waals surface area (Å²) in [6, 6.07) is 14.8. The summed E-state index contributed by atoms with van der Waals surface area (Å²) in [5.74, 6) is 0.450. The number of fused-ring (bicyclic) bond motifs is 1. The number of morpholine rings is 1. The normalized spacial score (nSPS) is 13.9. The van der Waals surface area contributed by atoms with Gasteiger partial charge in [-0.1, -0.05) is 12.1 Å². The van der Waals surface area contributed by atoms with Gasteiger partial charge in [-0.25, -0.2) is 4.98 Å². The molecule has 156 valence electrons. The van der Waals surface area contributed by atoms with Crippen LogP contribution in [0.1, 0.15) is 6.42 Å². The quantitative estimate of drug-likeness (QED) is 0.648. The summed E-state index contributed by atoms with van der Waals surface area (Å²) in [7, 11) is 0. The Balaban J connectivity index is 1.23. The number of nitrogens with zero attached hydrogens (tertiary/aromatic N) is 3. The number of para-hydroxylation sites is 2. The SMILES string of the molecule is O=C(CCn1cnc2ccccc21)Nc1ccc(OCC(=O)N2CCOCC2)cc1. The fourth-order valence-corrected chi connectivity index (χ4v) is 3.32. The van der Waals surface area contributed by atoms with Gasteiger partial charge in [0.25, 0.3) is 5.91 Å². The van der Waals surface area contributed by atoms with Crippen LogP contribution >= 0.6 is 0 Å². The number of aryl methyl sites for hydroxylation is 1. The Morgan fingerprint density at radius 3 is 2.63 bits per heavy atom. The Hall–Kier alpha value is -3.39. The molecule has 0 radical (unpaired) electrons. The van der Waals surface area contributed by atoms with Crippen molar-refractivity contribution in [1.29, 1.82) is 0 Å². The second kappa shape index (κ2) is 9.41. The van der Waals surface area contributed by atoms with Gasteiger partial charge in [-0.2, -0.15) is 0 Å². The van der Waals surface area contributed by atoms with Gasteiger partial charge < -0.3 is 24.3 Å². The minimum Gasteiger partial charge on any atom is -0.484 e. The number of carbonyl (C=O) groups is 2. The van der Waals surface area contributed by atoms with Gasteiger partial charge in [0.2, 0.25) is 5.91 Å². The maximum Gasteiger partial charge on any atom is 0.260 e. The van der Waals surface area contributed by atoms with E-state index in [0.29, 0.717) is 50.7 Å². The molecule has 3 aromatic rings. The number of hydrogen-bond donors (Lipinski definition) is 1. The van der Waals surface area contributed by atoms with E-state index in [4.69, 9.17) is 9.47 Å². The van der Waals surface area contributed by atoms with Crippen LogP contribution in [0.15, 0.2) is 54.9 Å². The van der Waals surface area contributed by atoms with E-state index in [2.05, 4.69) is 10.3 Å². The van der Waals surface area contributed by atoms with E-state index >= 15 is 0 Å². The molecule has 0 unspecified atom stereocenters. The molecule has 1 saturated heterocycles. The summed E-state index contributed by atoms with van der Waals surface area (Å²) in [5.41, 5.74) is 2.61. The Kier molecular flexibility index (Phi) is 6.24. The second-order valence-corrected chi connectivity index (χ2v) is 7.03. The first-order valence-corrected chi connectivity index (χ1v) is 9.97. The molecular weight excluding hydrogens is 384 g/mol. The minimum absolute atomic E-state index is 0.00936. The van der Waals surface area contributed by atoms with Crippen LogP contribution in [0.4, 0.5) is 5.69 Å². The van der Waals surface area contributed by atoms with Gasteiger partial charge in [-0.05, 0) is 36.4 Å². The van der Waals surface area contributed by atoms with Crippen LogP contribution in [0.25, 0.3) is 11.0 Å². The molecule has 0 bridgehead atoms. The van der Waals surface area contributed by atoms with Crippen molar-refractivity contribution in [1.82, 2.24) is 14.5 Å². The van der Waals surface area contributed by atoms with Crippen LogP contribution in [0.3, 0.4) is 0 Å². The van der Waals surface area contributed by atoms with Gasteiger partial charge >= 0.3 is 0 Å². The topological polar surface area (TPSA) is 85.7 Å². The average Bonchev–Trinajstić information content (AvgIpc) is 3.21. The molecule has 8 nitrogen and oxygen atoms in total. The first kappa shape index (κ1) is 19.9. The zero-order valence-electron chi connectivity index (χ0n) is 16.6. The summed E-state index contributed by atoms with van der Waals surface area (Å²) in [6.07, 6.45) is 2.09. The zero-order valence-corrected chi connectivity index (χ0v) is 16.6. The van der Waals surface area contributed by atoms with Crippen molar-refractivity contribution in [3.05, 3.63) is 54.9 Å². The van der Waals surface area contributed by atoms with Crippen molar-refractivity contribution in [2.75, 3.05) is 38.2 Å². The van der Waals surface area contributed by atoms with Crippen LogP contribution in [-0.4, -0.2) is 59.2 Å². The van der Waals surface area contributed by atoms with Crippen LogP contribution in [0.5, 0.6) is 5.75 Å². The third-order valence-electron chi connectivity index (χ3n) is 4.97. The molecule has 1 aliphatic rings. The molecule has 2 aromatic carbocycles. The van der Waals surface area contributed by atoms with Crippen molar-refractivity contribution in [3.8, 4) is 5.75 Å². The number of aromatic nitrogens is 2. The number of amides is 2. The number of rotatable bonds is 7. The number of carbonyl (C=O) groups excluding carboxylic acids is 2. The van der Waals surface area contributed by atoms with Gasteiger partial charge in [0.15, 0.2) is 6.61 Å². The van der Waals surface area contributed by atoms with Crippen LogP contribution in [0.2, 0.25) is 0 Å². The first-order valence-electron chi connectivity index (χ1n) is 9.97. The maximum atomic E-state index is 12.3. The highest BCUT2D eigenvalue weighted by Gasteiger charge is 2.17. The van der Waals surface area contributed by atoms with Crippen molar-refractivity contribution < 1.29 is 19.1 Å². The average molecular weight is 408 g/mol. The Bertz CT molecular complexity index is 1010. The lowest BCUT2D eigenvalue weighted by atomic mass is 10.3. The van der Waals surface area contributed by atoms with E-state index in [1.807, 2.05) is 28.8 Å². The molecule has 1 aliphatic heterocycles. The zero-order chi connectivity index (χ0) is 20.8. The van der Waals surface area contributed by atoms with Crippen molar-refractivity contribution in [3.63, 3.8) is 0 Å². The number of nitrogens with one attached hydrogen (secondary N) is 1. The van der Waals surface area contributed by atoms with Crippen LogP contribution in [0, 0.1) is 0 Å². The van der Waals surface area contributed by atoms with E-state index in [-0.39, 0.29) is 18.4 Å². The predicted octanol–water partition coefficient (Wildman–Crippen LogP) is 2.30. The number of anilines is 1.